The number of hydrogen-bond donors (Lipinski definition) is 3. The molecule has 6 atom stereocenters. The highest BCUT2D eigenvalue weighted by Crippen LogP contribution is 2.59. The summed E-state index contributed by atoms with van der Waals surface area (Å²) in [6.07, 6.45) is 16.1. The molecule has 0 heterocycles. The number of allylic oxidation sites excluding steroid dienone is 3. The van der Waals surface area contributed by atoms with Crippen LogP contribution in [0.15, 0.2) is 23.3 Å². The Morgan fingerprint density at radius 2 is 2.03 bits per heavy atom. The van der Waals surface area contributed by atoms with Gasteiger partial charge in [0.05, 0.1) is 11.7 Å². The molecule has 0 aromatic carbocycles. The first-order valence-electron chi connectivity index (χ1n) is 13.0. The highest BCUT2D eigenvalue weighted by molar-refractivity contribution is 5.73. The third-order valence-electron chi connectivity index (χ3n) is 8.68. The van der Waals surface area contributed by atoms with E-state index in [1.165, 1.54) is 44.1 Å². The van der Waals surface area contributed by atoms with Gasteiger partial charge in [-0.05, 0) is 94.8 Å². The van der Waals surface area contributed by atoms with Gasteiger partial charge in [-0.1, -0.05) is 50.0 Å². The van der Waals surface area contributed by atoms with Gasteiger partial charge in [-0.2, -0.15) is 0 Å². The Hall–Kier alpha value is -1.13. The van der Waals surface area contributed by atoms with Crippen molar-refractivity contribution in [3.05, 3.63) is 23.3 Å². The Labute approximate surface area is 195 Å². The lowest BCUT2D eigenvalue weighted by atomic mass is 9.60. The number of rotatable bonds is 7. The van der Waals surface area contributed by atoms with E-state index >= 15 is 0 Å². The Morgan fingerprint density at radius 3 is 2.72 bits per heavy atom. The van der Waals surface area contributed by atoms with Crippen LogP contribution < -0.4 is 5.32 Å². The lowest BCUT2D eigenvalue weighted by Gasteiger charge is -2.44. The van der Waals surface area contributed by atoms with Gasteiger partial charge in [0.25, 0.3) is 0 Å². The minimum atomic E-state index is -0.554. The quantitative estimate of drug-likeness (QED) is 0.472. The van der Waals surface area contributed by atoms with Gasteiger partial charge in [-0.25, -0.2) is 0 Å². The summed E-state index contributed by atoms with van der Waals surface area (Å²) in [6.45, 7) is 10.4. The van der Waals surface area contributed by atoms with Gasteiger partial charge in [-0.15, -0.1) is 0 Å². The van der Waals surface area contributed by atoms with E-state index in [2.05, 4.69) is 31.3 Å². The molecule has 0 bridgehead atoms. The molecule has 0 saturated heterocycles. The van der Waals surface area contributed by atoms with Gasteiger partial charge in [0.2, 0.25) is 5.91 Å². The molecule has 32 heavy (non-hydrogen) atoms. The Balaban J connectivity index is 1.66. The fraction of sp³-hybridized carbons (Fsp3) is 0.821. The smallest absolute Gasteiger partial charge is 0.217 e. The Bertz CT molecular complexity index is 719. The summed E-state index contributed by atoms with van der Waals surface area (Å²) < 4.78 is 0. The monoisotopic (exact) mass is 445 g/mol. The van der Waals surface area contributed by atoms with Crippen LogP contribution in [0.1, 0.15) is 105 Å². The van der Waals surface area contributed by atoms with Crippen LogP contribution in [0, 0.1) is 23.2 Å². The molecule has 3 rings (SSSR count). The average molecular weight is 446 g/mol. The molecule has 0 aliphatic heterocycles. The van der Waals surface area contributed by atoms with E-state index in [4.69, 9.17) is 0 Å². The molecule has 4 nitrogen and oxygen atoms in total. The molecule has 3 saturated carbocycles. The van der Waals surface area contributed by atoms with Crippen LogP contribution in [0.25, 0.3) is 0 Å². The molecule has 1 amide bonds. The van der Waals surface area contributed by atoms with Crippen LogP contribution in [0.3, 0.4) is 0 Å². The minimum absolute atomic E-state index is 0.0153. The minimum Gasteiger partial charge on any atom is -0.393 e. The fourth-order valence-corrected chi connectivity index (χ4v) is 7.23. The number of fused-ring (bicyclic) bond motifs is 1. The third-order valence-corrected chi connectivity index (χ3v) is 8.68. The molecule has 0 unspecified atom stereocenters. The molecule has 3 fully saturated rings. The lowest BCUT2D eigenvalue weighted by Crippen LogP contribution is -2.39. The van der Waals surface area contributed by atoms with Crippen molar-refractivity contribution in [2.45, 2.75) is 123 Å². The SMILES string of the molecule is CC(=O)N[C@@H]1C/C(=C\C=C2/CCC[C@]3(C)[C@@H]([C@H](C)CCCC(C)(C)O)CC[C@@H]23)C[C@@H](O)C1. The van der Waals surface area contributed by atoms with E-state index in [0.717, 1.165) is 31.6 Å². The molecule has 3 N–H and O–H groups in total. The second kappa shape index (κ2) is 10.4. The van der Waals surface area contributed by atoms with E-state index in [1.54, 1.807) is 12.5 Å². The van der Waals surface area contributed by atoms with Gasteiger partial charge in [0.1, 0.15) is 0 Å². The molecule has 182 valence electrons. The first kappa shape index (κ1) is 25.5. The van der Waals surface area contributed by atoms with E-state index in [0.29, 0.717) is 23.7 Å². The van der Waals surface area contributed by atoms with Crippen LogP contribution in [0.2, 0.25) is 0 Å². The van der Waals surface area contributed by atoms with E-state index < -0.39 is 5.60 Å². The maximum atomic E-state index is 11.5. The molecule has 0 spiro atoms. The predicted octanol–water partition coefficient (Wildman–Crippen LogP) is 5.68. The topological polar surface area (TPSA) is 69.6 Å². The van der Waals surface area contributed by atoms with Gasteiger partial charge in [0, 0.05) is 13.0 Å². The van der Waals surface area contributed by atoms with Gasteiger partial charge < -0.3 is 15.5 Å². The maximum absolute atomic E-state index is 11.5. The standard InChI is InChI=1S/C28H47NO3/c1-19(8-6-14-27(3,4)32)25-12-13-26-22(9-7-15-28(25,26)5)11-10-21-16-23(29-20(2)30)18-24(31)17-21/h10-11,19,23-26,31-32H,6-9,12-18H2,1-5H3,(H,29,30)/b21-10+,22-11+/t19-,23-,24-,25-,26+,28-/m1/s1. The zero-order chi connectivity index (χ0) is 23.5. The molecule has 3 aliphatic carbocycles. The van der Waals surface area contributed by atoms with Crippen molar-refractivity contribution in [2.75, 3.05) is 0 Å². The molecular formula is C28H47NO3. The second-order valence-corrected chi connectivity index (χ2v) is 12.0. The van der Waals surface area contributed by atoms with Crippen LogP contribution >= 0.6 is 0 Å². The number of aliphatic hydroxyl groups excluding tert-OH is 1. The number of nitrogens with one attached hydrogen (secondary N) is 1. The zero-order valence-corrected chi connectivity index (χ0v) is 21.1. The van der Waals surface area contributed by atoms with Gasteiger partial charge in [-0.3, -0.25) is 4.79 Å². The van der Waals surface area contributed by atoms with Crippen molar-refractivity contribution in [3.63, 3.8) is 0 Å². The predicted molar refractivity (Wildman–Crippen MR) is 131 cm³/mol. The number of hydrogen-bond acceptors (Lipinski definition) is 3. The molecule has 0 radical (unpaired) electrons. The molecule has 0 aromatic heterocycles. The van der Waals surface area contributed by atoms with Crippen molar-refractivity contribution >= 4 is 5.91 Å². The summed E-state index contributed by atoms with van der Waals surface area (Å²) in [5, 5.41) is 23.3. The summed E-state index contributed by atoms with van der Waals surface area (Å²) in [4.78, 5) is 11.5. The molecular weight excluding hydrogens is 398 g/mol. The summed E-state index contributed by atoms with van der Waals surface area (Å²) >= 11 is 0. The van der Waals surface area contributed by atoms with Crippen LogP contribution in [0.4, 0.5) is 0 Å². The van der Waals surface area contributed by atoms with E-state index in [9.17, 15) is 15.0 Å². The normalized spacial score (nSPS) is 36.8. The summed E-state index contributed by atoms with van der Waals surface area (Å²) in [6, 6.07) is 0.0538. The Kier molecular flexibility index (Phi) is 8.30. The first-order valence-corrected chi connectivity index (χ1v) is 13.0. The highest BCUT2D eigenvalue weighted by Gasteiger charge is 2.50. The van der Waals surface area contributed by atoms with Crippen molar-refractivity contribution in [2.24, 2.45) is 23.2 Å². The number of carbonyl (C=O) groups is 1. The van der Waals surface area contributed by atoms with Crippen molar-refractivity contribution in [3.8, 4) is 0 Å². The lowest BCUT2D eigenvalue weighted by molar-refractivity contribution is -0.119. The summed E-state index contributed by atoms with van der Waals surface area (Å²) in [5.74, 6) is 2.14. The molecule has 0 aromatic rings. The highest BCUT2D eigenvalue weighted by atomic mass is 16.3. The summed E-state index contributed by atoms with van der Waals surface area (Å²) in [7, 11) is 0. The van der Waals surface area contributed by atoms with Crippen LogP contribution in [-0.2, 0) is 4.79 Å². The first-order chi connectivity index (χ1) is 15.0. The number of aliphatic hydroxyl groups is 2. The number of carbonyl (C=O) groups excluding carboxylic acids is 1. The largest absolute Gasteiger partial charge is 0.393 e. The molecule has 3 aliphatic rings. The zero-order valence-electron chi connectivity index (χ0n) is 21.1. The van der Waals surface area contributed by atoms with Crippen molar-refractivity contribution < 1.29 is 15.0 Å². The van der Waals surface area contributed by atoms with Crippen LogP contribution in [-0.4, -0.2) is 33.9 Å². The van der Waals surface area contributed by atoms with E-state index in [-0.39, 0.29) is 18.1 Å². The van der Waals surface area contributed by atoms with E-state index in [1.807, 2.05) is 13.8 Å². The number of amides is 1. The third kappa shape index (κ3) is 6.47. The van der Waals surface area contributed by atoms with Crippen LogP contribution in [0.5, 0.6) is 0 Å². The molecule has 4 heteroatoms. The summed E-state index contributed by atoms with van der Waals surface area (Å²) in [5.41, 5.74) is 2.70. The van der Waals surface area contributed by atoms with Gasteiger partial charge in [0.15, 0.2) is 0 Å². The van der Waals surface area contributed by atoms with Gasteiger partial charge >= 0.3 is 0 Å². The van der Waals surface area contributed by atoms with Crippen molar-refractivity contribution in [1.82, 2.24) is 5.32 Å². The maximum Gasteiger partial charge on any atom is 0.217 e. The average Bonchev–Trinajstić information content (AvgIpc) is 3.02. The van der Waals surface area contributed by atoms with Crippen molar-refractivity contribution in [1.29, 1.82) is 0 Å². The fourth-order valence-electron chi connectivity index (χ4n) is 7.23. The Morgan fingerprint density at radius 1 is 1.28 bits per heavy atom. The second-order valence-electron chi connectivity index (χ2n) is 12.0.